The molecule has 3 rings (SSSR count). The Morgan fingerprint density at radius 1 is 1.10 bits per heavy atom. The molecule has 0 saturated heterocycles. The van der Waals surface area contributed by atoms with Gasteiger partial charge in [-0.15, -0.1) is 0 Å². The van der Waals surface area contributed by atoms with Crippen molar-refractivity contribution in [3.05, 3.63) is 70.3 Å². The molecule has 0 amide bonds. The van der Waals surface area contributed by atoms with Crippen molar-refractivity contribution in [2.45, 2.75) is 6.42 Å². The first-order valence-corrected chi connectivity index (χ1v) is 7.69. The van der Waals surface area contributed by atoms with Gasteiger partial charge in [-0.2, -0.15) is 0 Å². The third kappa shape index (κ3) is 2.63. The van der Waals surface area contributed by atoms with E-state index in [0.29, 0.717) is 39.6 Å². The summed E-state index contributed by atoms with van der Waals surface area (Å²) in [7, 11) is 0. The number of aryl methyl sites for hydroxylation is 1. The van der Waals surface area contributed by atoms with E-state index in [9.17, 15) is 9.18 Å². The van der Waals surface area contributed by atoms with E-state index in [2.05, 4.69) is 15.9 Å². The summed E-state index contributed by atoms with van der Waals surface area (Å²) >= 11 is 3.36. The molecule has 0 N–H and O–H groups in total. The summed E-state index contributed by atoms with van der Waals surface area (Å²) in [4.78, 5) is 12.7. The lowest BCUT2D eigenvalue weighted by Gasteiger charge is -2.09. The summed E-state index contributed by atoms with van der Waals surface area (Å²) < 4.78 is 19.3. The van der Waals surface area contributed by atoms with Gasteiger partial charge in [-0.3, -0.25) is 4.79 Å². The van der Waals surface area contributed by atoms with E-state index < -0.39 is 0 Å². The van der Waals surface area contributed by atoms with Crippen molar-refractivity contribution in [1.82, 2.24) is 0 Å². The van der Waals surface area contributed by atoms with Crippen molar-refractivity contribution in [3.8, 4) is 11.1 Å². The highest BCUT2D eigenvalue weighted by molar-refractivity contribution is 9.09. The highest BCUT2D eigenvalue weighted by atomic mass is 79.9. The predicted molar refractivity (Wildman–Crippen MR) is 85.4 cm³/mol. The maximum atomic E-state index is 13.5. The van der Waals surface area contributed by atoms with Gasteiger partial charge >= 0.3 is 0 Å². The number of halogens is 2. The van der Waals surface area contributed by atoms with Gasteiger partial charge in [-0.1, -0.05) is 40.2 Å². The van der Waals surface area contributed by atoms with Crippen LogP contribution in [-0.4, -0.2) is 5.33 Å². The summed E-state index contributed by atoms with van der Waals surface area (Å²) in [6, 6.07) is 13.1. The van der Waals surface area contributed by atoms with E-state index in [-0.39, 0.29) is 11.2 Å². The van der Waals surface area contributed by atoms with Gasteiger partial charge in [0, 0.05) is 11.8 Å². The standard InChI is InChI=1S/C17H12BrFO2/c18-9-8-15-16(11-4-3-5-12(19)10-11)17(20)13-6-1-2-7-14(13)21-15/h1-7,10H,8-9H2. The third-order valence-corrected chi connectivity index (χ3v) is 3.70. The monoisotopic (exact) mass is 346 g/mol. The van der Waals surface area contributed by atoms with Gasteiger partial charge < -0.3 is 4.42 Å². The second-order valence-corrected chi connectivity index (χ2v) is 5.47. The van der Waals surface area contributed by atoms with Gasteiger partial charge in [0.05, 0.1) is 10.9 Å². The van der Waals surface area contributed by atoms with E-state index in [1.54, 1.807) is 30.3 Å². The molecule has 0 aliphatic carbocycles. The number of rotatable bonds is 3. The van der Waals surface area contributed by atoms with Crippen molar-refractivity contribution in [3.63, 3.8) is 0 Å². The van der Waals surface area contributed by atoms with Crippen molar-refractivity contribution in [2.24, 2.45) is 0 Å². The summed E-state index contributed by atoms with van der Waals surface area (Å²) in [6.45, 7) is 0. The van der Waals surface area contributed by atoms with Crippen LogP contribution >= 0.6 is 15.9 Å². The minimum atomic E-state index is -0.371. The lowest BCUT2D eigenvalue weighted by Crippen LogP contribution is -2.09. The van der Waals surface area contributed by atoms with Gasteiger partial charge in [-0.25, -0.2) is 4.39 Å². The van der Waals surface area contributed by atoms with Crippen LogP contribution in [0, 0.1) is 5.82 Å². The zero-order valence-corrected chi connectivity index (χ0v) is 12.7. The largest absolute Gasteiger partial charge is 0.460 e. The van der Waals surface area contributed by atoms with Crippen LogP contribution in [0.3, 0.4) is 0 Å². The van der Waals surface area contributed by atoms with Crippen molar-refractivity contribution in [1.29, 1.82) is 0 Å². The van der Waals surface area contributed by atoms with E-state index >= 15 is 0 Å². The molecule has 0 spiro atoms. The lowest BCUT2D eigenvalue weighted by atomic mass is 10.0. The number of alkyl halides is 1. The SMILES string of the molecule is O=c1c(-c2cccc(F)c2)c(CCBr)oc2ccccc12. The molecule has 21 heavy (non-hydrogen) atoms. The van der Waals surface area contributed by atoms with Crippen LogP contribution in [0.2, 0.25) is 0 Å². The molecule has 0 bridgehead atoms. The molecule has 0 fully saturated rings. The average Bonchev–Trinajstić information content (AvgIpc) is 2.48. The average molecular weight is 347 g/mol. The minimum absolute atomic E-state index is 0.126. The summed E-state index contributed by atoms with van der Waals surface area (Å²) in [6.07, 6.45) is 0.561. The molecular weight excluding hydrogens is 335 g/mol. The van der Waals surface area contributed by atoms with Gasteiger partial charge in [0.1, 0.15) is 17.2 Å². The molecule has 0 aliphatic heterocycles. The lowest BCUT2D eigenvalue weighted by molar-refractivity contribution is 0.548. The fourth-order valence-electron chi connectivity index (χ4n) is 2.39. The van der Waals surface area contributed by atoms with Crippen molar-refractivity contribution in [2.75, 3.05) is 5.33 Å². The van der Waals surface area contributed by atoms with Crippen LogP contribution in [0.4, 0.5) is 4.39 Å². The Balaban J connectivity index is 2.36. The second kappa shape index (κ2) is 5.82. The van der Waals surface area contributed by atoms with Crippen LogP contribution in [0.25, 0.3) is 22.1 Å². The first-order chi connectivity index (χ1) is 10.2. The van der Waals surface area contributed by atoms with Crippen molar-refractivity contribution >= 4 is 26.9 Å². The summed E-state index contributed by atoms with van der Waals surface area (Å²) in [5, 5.41) is 1.17. The van der Waals surface area contributed by atoms with Crippen LogP contribution in [0.15, 0.2) is 57.7 Å². The summed E-state index contributed by atoms with van der Waals surface area (Å²) in [5.41, 5.74) is 1.41. The van der Waals surface area contributed by atoms with Gasteiger partial charge in [0.25, 0.3) is 0 Å². The Hall–Kier alpha value is -1.94. The highest BCUT2D eigenvalue weighted by Crippen LogP contribution is 2.25. The Kier molecular flexibility index (Phi) is 3.88. The van der Waals surface area contributed by atoms with Crippen molar-refractivity contribution < 1.29 is 8.81 Å². The minimum Gasteiger partial charge on any atom is -0.460 e. The Labute approximate surface area is 129 Å². The summed E-state index contributed by atoms with van der Waals surface area (Å²) in [5.74, 6) is 0.200. The van der Waals surface area contributed by atoms with Gasteiger partial charge in [-0.05, 0) is 29.8 Å². The molecule has 1 aromatic heterocycles. The zero-order valence-electron chi connectivity index (χ0n) is 11.1. The van der Waals surface area contributed by atoms with E-state index in [1.807, 2.05) is 6.07 Å². The number of hydrogen-bond donors (Lipinski definition) is 0. The Bertz CT molecular complexity index is 855. The molecule has 0 unspecified atom stereocenters. The van der Waals surface area contributed by atoms with Gasteiger partial charge in [0.2, 0.25) is 5.43 Å². The maximum Gasteiger partial charge on any atom is 0.200 e. The van der Waals surface area contributed by atoms with Crippen LogP contribution in [-0.2, 0) is 6.42 Å². The topological polar surface area (TPSA) is 30.2 Å². The number of fused-ring (bicyclic) bond motifs is 1. The number of para-hydroxylation sites is 1. The first-order valence-electron chi connectivity index (χ1n) is 6.57. The first kappa shape index (κ1) is 14.0. The van der Waals surface area contributed by atoms with Crippen LogP contribution in [0.1, 0.15) is 5.76 Å². The van der Waals surface area contributed by atoms with E-state index in [1.165, 1.54) is 12.1 Å². The predicted octanol–water partition coefficient (Wildman–Crippen LogP) is 4.54. The molecular formula is C17H12BrFO2. The molecule has 0 radical (unpaired) electrons. The second-order valence-electron chi connectivity index (χ2n) is 4.67. The van der Waals surface area contributed by atoms with Crippen LogP contribution < -0.4 is 5.43 Å². The molecule has 2 aromatic carbocycles. The van der Waals surface area contributed by atoms with Gasteiger partial charge in [0.15, 0.2) is 0 Å². The molecule has 4 heteroatoms. The Morgan fingerprint density at radius 2 is 1.90 bits per heavy atom. The highest BCUT2D eigenvalue weighted by Gasteiger charge is 2.16. The maximum absolute atomic E-state index is 13.5. The quantitative estimate of drug-likeness (QED) is 0.652. The molecule has 0 aliphatic rings. The van der Waals surface area contributed by atoms with E-state index in [0.717, 1.165) is 0 Å². The molecule has 106 valence electrons. The fourth-order valence-corrected chi connectivity index (χ4v) is 2.75. The van der Waals surface area contributed by atoms with E-state index in [4.69, 9.17) is 4.42 Å². The molecule has 3 aromatic rings. The smallest absolute Gasteiger partial charge is 0.200 e. The molecule has 2 nitrogen and oxygen atoms in total. The van der Waals surface area contributed by atoms with Crippen LogP contribution in [0.5, 0.6) is 0 Å². The zero-order chi connectivity index (χ0) is 14.8. The molecule has 0 saturated carbocycles. The Morgan fingerprint density at radius 3 is 2.67 bits per heavy atom. The molecule has 1 heterocycles. The fraction of sp³-hybridized carbons (Fsp3) is 0.118. The molecule has 0 atom stereocenters. The number of benzene rings is 2. The third-order valence-electron chi connectivity index (χ3n) is 3.31. The number of hydrogen-bond acceptors (Lipinski definition) is 2. The normalized spacial score (nSPS) is 11.0.